The molecule has 0 spiro atoms. The quantitative estimate of drug-likeness (QED) is 0.742. The molecule has 0 amide bonds. The van der Waals surface area contributed by atoms with Crippen LogP contribution in [0.15, 0.2) is 53.1 Å². The molecule has 1 aromatic heterocycles. The maximum atomic E-state index is 5.99. The Morgan fingerprint density at radius 1 is 1.10 bits per heavy atom. The van der Waals surface area contributed by atoms with Gasteiger partial charge in [-0.3, -0.25) is 0 Å². The van der Waals surface area contributed by atoms with Gasteiger partial charge in [-0.2, -0.15) is 0 Å². The number of nitrogens with zero attached hydrogens (tertiary/aromatic N) is 1. The third-order valence-electron chi connectivity index (χ3n) is 3.21. The fourth-order valence-electron chi connectivity index (χ4n) is 2.02. The molecule has 3 rings (SSSR count). The lowest BCUT2D eigenvalue weighted by atomic mass is 10.1. The van der Waals surface area contributed by atoms with Crippen LogP contribution >= 0.6 is 15.9 Å². The zero-order chi connectivity index (χ0) is 14.1. The summed E-state index contributed by atoms with van der Waals surface area (Å²) in [5.41, 5.74) is 7.50. The minimum atomic E-state index is 0.431. The molecule has 20 heavy (non-hydrogen) atoms. The fraction of sp³-hybridized carbons (Fsp3) is 0.0625. The van der Waals surface area contributed by atoms with Crippen LogP contribution in [-0.2, 0) is 0 Å². The zero-order valence-corrected chi connectivity index (χ0v) is 12.5. The van der Waals surface area contributed by atoms with Crippen LogP contribution in [0.4, 0.5) is 5.69 Å². The molecule has 0 fully saturated rings. The molecule has 0 radical (unpaired) electrons. The molecule has 0 bridgehead atoms. The van der Waals surface area contributed by atoms with Gasteiger partial charge in [0.2, 0.25) is 5.88 Å². The van der Waals surface area contributed by atoms with Gasteiger partial charge in [-0.25, -0.2) is 4.98 Å². The Balaban J connectivity index is 2.07. The average molecular weight is 329 g/mol. The van der Waals surface area contributed by atoms with E-state index in [4.69, 9.17) is 10.5 Å². The number of rotatable bonds is 2. The summed E-state index contributed by atoms with van der Waals surface area (Å²) in [6.07, 6.45) is 1.69. The predicted octanol–water partition coefficient (Wildman–Crippen LogP) is 4.68. The normalized spacial score (nSPS) is 10.7. The fourth-order valence-corrected chi connectivity index (χ4v) is 2.60. The predicted molar refractivity (Wildman–Crippen MR) is 85.1 cm³/mol. The summed E-state index contributed by atoms with van der Waals surface area (Å²) < 4.78 is 6.75. The van der Waals surface area contributed by atoms with Crippen LogP contribution in [0, 0.1) is 6.92 Å². The summed E-state index contributed by atoms with van der Waals surface area (Å²) in [7, 11) is 0. The van der Waals surface area contributed by atoms with Gasteiger partial charge in [-0.1, -0.05) is 30.3 Å². The van der Waals surface area contributed by atoms with Crippen molar-refractivity contribution in [3.8, 4) is 11.6 Å². The molecule has 0 atom stereocenters. The van der Waals surface area contributed by atoms with Gasteiger partial charge >= 0.3 is 0 Å². The summed E-state index contributed by atoms with van der Waals surface area (Å²) in [5, 5.41) is 2.24. The van der Waals surface area contributed by atoms with Crippen molar-refractivity contribution < 1.29 is 4.74 Å². The first-order valence-electron chi connectivity index (χ1n) is 6.23. The molecule has 0 aliphatic heterocycles. The van der Waals surface area contributed by atoms with E-state index >= 15 is 0 Å². The van der Waals surface area contributed by atoms with Gasteiger partial charge in [0.05, 0.1) is 10.2 Å². The van der Waals surface area contributed by atoms with E-state index in [1.54, 1.807) is 6.20 Å². The molecule has 0 saturated carbocycles. The minimum absolute atomic E-state index is 0.431. The monoisotopic (exact) mass is 328 g/mol. The van der Waals surface area contributed by atoms with E-state index in [0.717, 1.165) is 20.8 Å². The van der Waals surface area contributed by atoms with Gasteiger partial charge in [0, 0.05) is 6.20 Å². The number of anilines is 1. The maximum absolute atomic E-state index is 5.99. The van der Waals surface area contributed by atoms with E-state index in [1.165, 1.54) is 0 Å². The minimum Gasteiger partial charge on any atom is -0.436 e. The van der Waals surface area contributed by atoms with Crippen molar-refractivity contribution in [2.75, 3.05) is 5.73 Å². The lowest BCUT2D eigenvalue weighted by Crippen LogP contribution is -1.97. The first kappa shape index (κ1) is 12.9. The third kappa shape index (κ3) is 2.23. The Morgan fingerprint density at radius 3 is 2.75 bits per heavy atom. The largest absolute Gasteiger partial charge is 0.436 e. The SMILES string of the molecule is Cc1ccnc(Oc2ccc3ccccc3c2Br)c1N. The van der Waals surface area contributed by atoms with Crippen LogP contribution in [-0.4, -0.2) is 4.98 Å². The molecule has 3 nitrogen and oxygen atoms in total. The van der Waals surface area contributed by atoms with Crippen molar-refractivity contribution >= 4 is 32.4 Å². The molecule has 0 aliphatic rings. The Labute approximate surface area is 125 Å². The highest BCUT2D eigenvalue weighted by Crippen LogP contribution is 2.36. The number of pyridine rings is 1. The first-order valence-corrected chi connectivity index (χ1v) is 7.02. The number of halogens is 1. The van der Waals surface area contributed by atoms with Crippen molar-refractivity contribution in [1.82, 2.24) is 4.98 Å². The van der Waals surface area contributed by atoms with E-state index in [-0.39, 0.29) is 0 Å². The van der Waals surface area contributed by atoms with Crippen LogP contribution in [0.5, 0.6) is 11.6 Å². The second-order valence-electron chi connectivity index (χ2n) is 4.55. The smallest absolute Gasteiger partial charge is 0.242 e. The number of aromatic nitrogens is 1. The number of benzene rings is 2. The Bertz CT molecular complexity index is 787. The van der Waals surface area contributed by atoms with Crippen molar-refractivity contribution in [3.63, 3.8) is 0 Å². The summed E-state index contributed by atoms with van der Waals surface area (Å²) >= 11 is 3.59. The van der Waals surface area contributed by atoms with Gasteiger partial charge < -0.3 is 10.5 Å². The summed E-state index contributed by atoms with van der Waals surface area (Å²) in [4.78, 5) is 4.19. The topological polar surface area (TPSA) is 48.1 Å². The highest BCUT2D eigenvalue weighted by Gasteiger charge is 2.10. The second kappa shape index (κ2) is 5.13. The van der Waals surface area contributed by atoms with E-state index in [0.29, 0.717) is 17.3 Å². The lowest BCUT2D eigenvalue weighted by molar-refractivity contribution is 0.463. The molecular formula is C16H13BrN2O. The highest BCUT2D eigenvalue weighted by molar-refractivity contribution is 9.10. The molecule has 3 aromatic rings. The van der Waals surface area contributed by atoms with Crippen LogP contribution in [0.3, 0.4) is 0 Å². The number of hydrogen-bond acceptors (Lipinski definition) is 3. The molecule has 0 saturated heterocycles. The molecule has 2 N–H and O–H groups in total. The summed E-state index contributed by atoms with van der Waals surface area (Å²) in [5.74, 6) is 1.13. The van der Waals surface area contributed by atoms with Gasteiger partial charge in [0.15, 0.2) is 0 Å². The average Bonchev–Trinajstić information content (AvgIpc) is 2.47. The summed E-state index contributed by atoms with van der Waals surface area (Å²) in [6.45, 7) is 1.93. The van der Waals surface area contributed by atoms with Gasteiger partial charge in [-0.05, 0) is 51.3 Å². The van der Waals surface area contributed by atoms with Gasteiger partial charge in [-0.15, -0.1) is 0 Å². The van der Waals surface area contributed by atoms with Crippen LogP contribution < -0.4 is 10.5 Å². The third-order valence-corrected chi connectivity index (χ3v) is 4.02. The van der Waals surface area contributed by atoms with E-state index in [2.05, 4.69) is 27.0 Å². The van der Waals surface area contributed by atoms with Crippen molar-refractivity contribution in [2.45, 2.75) is 6.92 Å². The van der Waals surface area contributed by atoms with E-state index in [9.17, 15) is 0 Å². The maximum Gasteiger partial charge on any atom is 0.242 e. The molecular weight excluding hydrogens is 316 g/mol. The Morgan fingerprint density at radius 2 is 1.90 bits per heavy atom. The number of hydrogen-bond donors (Lipinski definition) is 1. The molecule has 0 unspecified atom stereocenters. The number of fused-ring (bicyclic) bond motifs is 1. The number of nitrogen functional groups attached to an aromatic ring is 1. The first-order chi connectivity index (χ1) is 9.66. The van der Waals surface area contributed by atoms with Crippen molar-refractivity contribution in [3.05, 3.63) is 58.7 Å². The van der Waals surface area contributed by atoms with Crippen LogP contribution in [0.25, 0.3) is 10.8 Å². The standard InChI is InChI=1S/C16H13BrN2O/c1-10-8-9-19-16(15(10)18)20-13-7-6-11-4-2-3-5-12(11)14(13)17/h2-9H,18H2,1H3. The van der Waals surface area contributed by atoms with Crippen molar-refractivity contribution in [1.29, 1.82) is 0 Å². The number of nitrogens with two attached hydrogens (primary N) is 1. The molecule has 100 valence electrons. The number of ether oxygens (including phenoxy) is 1. The zero-order valence-electron chi connectivity index (χ0n) is 10.9. The van der Waals surface area contributed by atoms with Gasteiger partial charge in [0.25, 0.3) is 0 Å². The second-order valence-corrected chi connectivity index (χ2v) is 5.34. The summed E-state index contributed by atoms with van der Waals surface area (Å²) in [6, 6.07) is 13.9. The van der Waals surface area contributed by atoms with E-state index < -0.39 is 0 Å². The Hall–Kier alpha value is -2.07. The van der Waals surface area contributed by atoms with Crippen molar-refractivity contribution in [2.24, 2.45) is 0 Å². The molecule has 0 aliphatic carbocycles. The van der Waals surface area contributed by atoms with Crippen LogP contribution in [0.1, 0.15) is 5.56 Å². The van der Waals surface area contributed by atoms with E-state index in [1.807, 2.05) is 43.3 Å². The highest BCUT2D eigenvalue weighted by atomic mass is 79.9. The Kier molecular flexibility index (Phi) is 3.32. The van der Waals surface area contributed by atoms with Crippen LogP contribution in [0.2, 0.25) is 0 Å². The molecule has 4 heteroatoms. The number of aryl methyl sites for hydroxylation is 1. The lowest BCUT2D eigenvalue weighted by Gasteiger charge is -2.11. The van der Waals surface area contributed by atoms with Gasteiger partial charge in [0.1, 0.15) is 5.75 Å². The molecule has 2 aromatic carbocycles. The molecule has 1 heterocycles.